The van der Waals surface area contributed by atoms with E-state index in [4.69, 9.17) is 4.74 Å². The van der Waals surface area contributed by atoms with Gasteiger partial charge in [0, 0.05) is 6.92 Å². The SMILES string of the molecule is Cc1ccc(OC(C)C(C)O)c([N+](=O)[O-])n1. The van der Waals surface area contributed by atoms with Crippen molar-refractivity contribution in [3.05, 3.63) is 27.9 Å². The van der Waals surface area contributed by atoms with Gasteiger partial charge in [0.25, 0.3) is 0 Å². The van der Waals surface area contributed by atoms with E-state index in [2.05, 4.69) is 4.98 Å². The number of nitro groups is 1. The third-order valence-corrected chi connectivity index (χ3v) is 2.14. The number of hydrogen-bond acceptors (Lipinski definition) is 5. The van der Waals surface area contributed by atoms with Gasteiger partial charge in [0.15, 0.2) is 0 Å². The van der Waals surface area contributed by atoms with Crippen molar-refractivity contribution in [2.75, 3.05) is 0 Å². The number of hydrogen-bond donors (Lipinski definition) is 1. The molecule has 16 heavy (non-hydrogen) atoms. The number of rotatable bonds is 4. The van der Waals surface area contributed by atoms with Crippen LogP contribution >= 0.6 is 0 Å². The highest BCUT2D eigenvalue weighted by atomic mass is 16.6. The van der Waals surface area contributed by atoms with Gasteiger partial charge in [0.1, 0.15) is 11.8 Å². The molecule has 1 aromatic rings. The maximum Gasteiger partial charge on any atom is 0.406 e. The average Bonchev–Trinajstić information content (AvgIpc) is 2.20. The summed E-state index contributed by atoms with van der Waals surface area (Å²) in [6.07, 6.45) is -1.23. The van der Waals surface area contributed by atoms with Crippen LogP contribution in [0.3, 0.4) is 0 Å². The maximum absolute atomic E-state index is 10.7. The van der Waals surface area contributed by atoms with E-state index in [1.165, 1.54) is 6.07 Å². The van der Waals surface area contributed by atoms with Gasteiger partial charge in [-0.2, -0.15) is 0 Å². The zero-order valence-electron chi connectivity index (χ0n) is 9.38. The van der Waals surface area contributed by atoms with Crippen molar-refractivity contribution in [2.45, 2.75) is 33.0 Å². The zero-order valence-corrected chi connectivity index (χ0v) is 9.38. The molecule has 2 atom stereocenters. The predicted octanol–water partition coefficient (Wildman–Crippen LogP) is 1.45. The summed E-state index contributed by atoms with van der Waals surface area (Å²) < 4.78 is 5.27. The molecule has 0 fully saturated rings. The van der Waals surface area contributed by atoms with Crippen LogP contribution in [-0.2, 0) is 0 Å². The van der Waals surface area contributed by atoms with Gasteiger partial charge >= 0.3 is 5.82 Å². The molecule has 1 rings (SSSR count). The van der Waals surface area contributed by atoms with Crippen LogP contribution in [0, 0.1) is 17.0 Å². The van der Waals surface area contributed by atoms with E-state index < -0.39 is 17.1 Å². The van der Waals surface area contributed by atoms with Crippen LogP contribution in [0.4, 0.5) is 5.82 Å². The van der Waals surface area contributed by atoms with Crippen molar-refractivity contribution in [1.29, 1.82) is 0 Å². The Balaban J connectivity index is 2.99. The van der Waals surface area contributed by atoms with Gasteiger partial charge in [-0.05, 0) is 35.9 Å². The van der Waals surface area contributed by atoms with Crippen molar-refractivity contribution in [3.63, 3.8) is 0 Å². The van der Waals surface area contributed by atoms with Gasteiger partial charge < -0.3 is 20.0 Å². The first-order chi connectivity index (χ1) is 7.41. The molecular weight excluding hydrogens is 212 g/mol. The largest absolute Gasteiger partial charge is 0.480 e. The second kappa shape index (κ2) is 4.89. The van der Waals surface area contributed by atoms with E-state index in [1.807, 2.05) is 0 Å². The molecule has 6 heteroatoms. The number of aryl methyl sites for hydroxylation is 1. The molecule has 0 radical (unpaired) electrons. The smallest absolute Gasteiger partial charge is 0.406 e. The Bertz CT molecular complexity index is 392. The van der Waals surface area contributed by atoms with E-state index in [-0.39, 0.29) is 11.6 Å². The maximum atomic E-state index is 10.7. The van der Waals surface area contributed by atoms with Gasteiger partial charge in [0.05, 0.1) is 6.10 Å². The van der Waals surface area contributed by atoms with Crippen molar-refractivity contribution >= 4 is 5.82 Å². The summed E-state index contributed by atoms with van der Waals surface area (Å²) in [6, 6.07) is 3.11. The van der Waals surface area contributed by atoms with Crippen LogP contribution in [0.2, 0.25) is 0 Å². The molecule has 0 spiro atoms. The van der Waals surface area contributed by atoms with Gasteiger partial charge in [0.2, 0.25) is 5.75 Å². The summed E-state index contributed by atoms with van der Waals surface area (Å²) in [6.45, 7) is 4.85. The molecule has 1 aromatic heterocycles. The van der Waals surface area contributed by atoms with Crippen LogP contribution in [0.25, 0.3) is 0 Å². The highest BCUT2D eigenvalue weighted by Crippen LogP contribution is 2.25. The third kappa shape index (κ3) is 2.90. The minimum Gasteiger partial charge on any atom is -0.480 e. The molecule has 0 aliphatic carbocycles. The molecule has 0 amide bonds. The Hall–Kier alpha value is -1.69. The lowest BCUT2D eigenvalue weighted by atomic mass is 10.2. The summed E-state index contributed by atoms with van der Waals surface area (Å²) >= 11 is 0. The summed E-state index contributed by atoms with van der Waals surface area (Å²) in [5.41, 5.74) is 0.545. The summed E-state index contributed by atoms with van der Waals surface area (Å²) in [4.78, 5) is 13.9. The number of aliphatic hydroxyl groups excluding tert-OH is 1. The summed E-state index contributed by atoms with van der Waals surface area (Å²) in [5.74, 6) is -0.253. The highest BCUT2D eigenvalue weighted by molar-refractivity contribution is 5.40. The molecule has 1 N–H and O–H groups in total. The fraction of sp³-hybridized carbons (Fsp3) is 0.500. The fourth-order valence-electron chi connectivity index (χ4n) is 1.05. The lowest BCUT2D eigenvalue weighted by molar-refractivity contribution is -0.390. The Morgan fingerprint density at radius 2 is 2.12 bits per heavy atom. The van der Waals surface area contributed by atoms with Gasteiger partial charge in [-0.15, -0.1) is 0 Å². The Morgan fingerprint density at radius 1 is 1.50 bits per heavy atom. The average molecular weight is 226 g/mol. The second-order valence-corrected chi connectivity index (χ2v) is 3.60. The lowest BCUT2D eigenvalue weighted by Crippen LogP contribution is -2.26. The normalized spacial score (nSPS) is 14.2. The van der Waals surface area contributed by atoms with Gasteiger partial charge in [-0.1, -0.05) is 0 Å². The standard InChI is InChI=1S/C10H14N2O4/c1-6-4-5-9(10(11-6)12(14)15)16-8(3)7(2)13/h4-5,7-8,13H,1-3H3. The molecule has 6 nitrogen and oxygen atoms in total. The monoisotopic (exact) mass is 226 g/mol. The van der Waals surface area contributed by atoms with Gasteiger partial charge in [-0.3, -0.25) is 0 Å². The molecule has 0 aliphatic heterocycles. The number of ether oxygens (including phenoxy) is 1. The Morgan fingerprint density at radius 3 is 2.62 bits per heavy atom. The predicted molar refractivity (Wildman–Crippen MR) is 57.4 cm³/mol. The molecule has 0 bridgehead atoms. The van der Waals surface area contributed by atoms with Crippen LogP contribution in [0.5, 0.6) is 5.75 Å². The van der Waals surface area contributed by atoms with Crippen molar-refractivity contribution in [2.24, 2.45) is 0 Å². The summed E-state index contributed by atoms with van der Waals surface area (Å²) in [5, 5.41) is 20.0. The summed E-state index contributed by atoms with van der Waals surface area (Å²) in [7, 11) is 0. The highest BCUT2D eigenvalue weighted by Gasteiger charge is 2.21. The van der Waals surface area contributed by atoms with E-state index in [1.54, 1.807) is 26.8 Å². The number of nitrogens with zero attached hydrogens (tertiary/aromatic N) is 2. The zero-order chi connectivity index (χ0) is 12.3. The minimum atomic E-state index is -0.707. The lowest BCUT2D eigenvalue weighted by Gasteiger charge is -2.16. The second-order valence-electron chi connectivity index (χ2n) is 3.60. The molecule has 0 saturated heterocycles. The van der Waals surface area contributed by atoms with Crippen LogP contribution in [0.1, 0.15) is 19.5 Å². The topological polar surface area (TPSA) is 85.5 Å². The molecule has 0 aliphatic rings. The van der Waals surface area contributed by atoms with E-state index in [0.717, 1.165) is 0 Å². The van der Waals surface area contributed by atoms with Crippen LogP contribution in [-0.4, -0.2) is 27.2 Å². The molecule has 1 heterocycles. The Labute approximate surface area is 93.0 Å². The molecule has 88 valence electrons. The number of pyridine rings is 1. The third-order valence-electron chi connectivity index (χ3n) is 2.14. The molecule has 0 aromatic carbocycles. The quantitative estimate of drug-likeness (QED) is 0.620. The van der Waals surface area contributed by atoms with Crippen LogP contribution in [0.15, 0.2) is 12.1 Å². The Kier molecular flexibility index (Phi) is 3.78. The first kappa shape index (κ1) is 12.4. The van der Waals surface area contributed by atoms with E-state index in [0.29, 0.717) is 5.69 Å². The van der Waals surface area contributed by atoms with Crippen molar-refractivity contribution < 1.29 is 14.8 Å². The minimum absolute atomic E-state index is 0.0731. The first-order valence-electron chi connectivity index (χ1n) is 4.88. The van der Waals surface area contributed by atoms with E-state index in [9.17, 15) is 15.2 Å². The van der Waals surface area contributed by atoms with Gasteiger partial charge in [-0.25, -0.2) is 0 Å². The molecule has 2 unspecified atom stereocenters. The van der Waals surface area contributed by atoms with Crippen molar-refractivity contribution in [3.8, 4) is 5.75 Å². The number of aliphatic hydroxyl groups is 1. The van der Waals surface area contributed by atoms with Crippen LogP contribution < -0.4 is 4.74 Å². The molecular formula is C10H14N2O4. The number of aromatic nitrogens is 1. The fourth-order valence-corrected chi connectivity index (χ4v) is 1.05. The van der Waals surface area contributed by atoms with E-state index >= 15 is 0 Å². The first-order valence-corrected chi connectivity index (χ1v) is 4.88. The molecule has 0 saturated carbocycles. The van der Waals surface area contributed by atoms with Crippen molar-refractivity contribution in [1.82, 2.24) is 4.98 Å².